The number of nitrogens with zero attached hydrogens (tertiary/aromatic N) is 2. The van der Waals surface area contributed by atoms with Crippen LogP contribution in [0, 0.1) is 10.1 Å². The molecule has 2 aromatic carbocycles. The van der Waals surface area contributed by atoms with Gasteiger partial charge in [0.25, 0.3) is 5.69 Å². The van der Waals surface area contributed by atoms with Crippen molar-refractivity contribution in [3.05, 3.63) is 52.1 Å². The maximum absolute atomic E-state index is 13.2. The molecule has 1 fully saturated rings. The van der Waals surface area contributed by atoms with Gasteiger partial charge in [-0.25, -0.2) is 8.42 Å². The Morgan fingerprint density at radius 1 is 1.12 bits per heavy atom. The molecule has 1 atom stereocenters. The fraction of sp³-hybridized carbons (Fsp3) is 0.519. The number of carbonyl (C=O) groups excluding carboxylic acids is 1. The fourth-order valence-electron chi connectivity index (χ4n) is 4.28. The number of sulfonamides is 1. The van der Waals surface area contributed by atoms with E-state index in [1.165, 1.54) is 16.4 Å². The predicted octanol–water partition coefficient (Wildman–Crippen LogP) is 3.31. The van der Waals surface area contributed by atoms with Gasteiger partial charge < -0.3 is 24.8 Å². The van der Waals surface area contributed by atoms with E-state index in [2.05, 4.69) is 10.6 Å². The second kappa shape index (κ2) is 15.8. The van der Waals surface area contributed by atoms with E-state index in [9.17, 15) is 23.3 Å². The number of nitro benzene ring substituents is 1. The molecule has 0 saturated carbocycles. The Morgan fingerprint density at radius 2 is 1.83 bits per heavy atom. The van der Waals surface area contributed by atoms with Gasteiger partial charge in [-0.2, -0.15) is 16.1 Å². The van der Waals surface area contributed by atoms with Crippen LogP contribution >= 0.6 is 11.8 Å². The lowest BCUT2D eigenvalue weighted by Crippen LogP contribution is -2.41. The first kappa shape index (κ1) is 32.4. The Morgan fingerprint density at radius 3 is 2.49 bits per heavy atom. The normalized spacial score (nSPS) is 14.7. The van der Waals surface area contributed by atoms with Crippen molar-refractivity contribution in [3.63, 3.8) is 0 Å². The molecular weight excluding hydrogens is 572 g/mol. The van der Waals surface area contributed by atoms with Crippen LogP contribution in [0.25, 0.3) is 0 Å². The number of anilines is 1. The van der Waals surface area contributed by atoms with Gasteiger partial charge in [0.1, 0.15) is 11.7 Å². The summed E-state index contributed by atoms with van der Waals surface area (Å²) in [6.07, 6.45) is 2.86. The minimum absolute atomic E-state index is 0.0741. The zero-order chi connectivity index (χ0) is 29.8. The monoisotopic (exact) mass is 610 g/mol. The van der Waals surface area contributed by atoms with Gasteiger partial charge in [0.2, 0.25) is 15.9 Å². The Balaban J connectivity index is 1.72. The third-order valence-electron chi connectivity index (χ3n) is 6.35. The number of ether oxygens (including phenoxy) is 3. The minimum Gasteiger partial charge on any atom is -0.490 e. The number of thioether (sulfide) groups is 1. The van der Waals surface area contributed by atoms with Crippen LogP contribution in [0.4, 0.5) is 11.4 Å². The van der Waals surface area contributed by atoms with Crippen molar-refractivity contribution >= 4 is 39.1 Å². The highest BCUT2D eigenvalue weighted by molar-refractivity contribution is 7.98. The van der Waals surface area contributed by atoms with Crippen LogP contribution in [0.3, 0.4) is 0 Å². The highest BCUT2D eigenvalue weighted by Gasteiger charge is 2.30. The first-order valence-corrected chi connectivity index (χ1v) is 16.3. The number of nitrogens with one attached hydrogen (secondary N) is 2. The van der Waals surface area contributed by atoms with Crippen LogP contribution in [-0.2, 0) is 26.0 Å². The molecule has 3 rings (SSSR count). The minimum atomic E-state index is -3.92. The molecule has 1 aliphatic heterocycles. The van der Waals surface area contributed by atoms with Crippen LogP contribution in [0.5, 0.6) is 11.5 Å². The SMILES string of the molecule is CCOc1ccc(CCNC(=O)C(CCSC)Nc2ccc(S(=O)(=O)N3CCOCC3)cc2[N+](=O)[O-])cc1OCC. The van der Waals surface area contributed by atoms with Gasteiger partial charge in [0, 0.05) is 25.7 Å². The van der Waals surface area contributed by atoms with Gasteiger partial charge >= 0.3 is 0 Å². The molecule has 0 spiro atoms. The molecule has 0 aromatic heterocycles. The average molecular weight is 611 g/mol. The highest BCUT2D eigenvalue weighted by Crippen LogP contribution is 2.31. The van der Waals surface area contributed by atoms with E-state index in [0.717, 1.165) is 11.6 Å². The average Bonchev–Trinajstić information content (AvgIpc) is 2.97. The van der Waals surface area contributed by atoms with Crippen LogP contribution in [0.15, 0.2) is 41.3 Å². The molecule has 0 aliphatic carbocycles. The quantitative estimate of drug-likeness (QED) is 0.214. The summed E-state index contributed by atoms with van der Waals surface area (Å²) in [7, 11) is -3.92. The second-order valence-corrected chi connectivity index (χ2v) is 12.0. The number of morpholine rings is 1. The Kier molecular flexibility index (Phi) is 12.5. The molecule has 41 heavy (non-hydrogen) atoms. The summed E-state index contributed by atoms with van der Waals surface area (Å²) in [5, 5.41) is 17.8. The summed E-state index contributed by atoms with van der Waals surface area (Å²) in [4.78, 5) is 24.3. The molecule has 14 heteroatoms. The smallest absolute Gasteiger partial charge is 0.293 e. The molecule has 12 nitrogen and oxygen atoms in total. The van der Waals surface area contributed by atoms with Crippen molar-refractivity contribution in [3.8, 4) is 11.5 Å². The second-order valence-electron chi connectivity index (χ2n) is 9.12. The first-order chi connectivity index (χ1) is 19.7. The summed E-state index contributed by atoms with van der Waals surface area (Å²) >= 11 is 1.55. The summed E-state index contributed by atoms with van der Waals surface area (Å²) in [5.41, 5.74) is 0.614. The van der Waals surface area contributed by atoms with Crippen molar-refractivity contribution in [1.82, 2.24) is 9.62 Å². The zero-order valence-corrected chi connectivity index (χ0v) is 25.2. The molecule has 0 bridgehead atoms. The number of nitro groups is 1. The summed E-state index contributed by atoms with van der Waals surface area (Å²) in [6, 6.07) is 8.60. The first-order valence-electron chi connectivity index (χ1n) is 13.5. The maximum Gasteiger partial charge on any atom is 0.293 e. The number of carbonyl (C=O) groups is 1. The molecule has 1 heterocycles. The standard InChI is InChI=1S/C27H38N4O8S2/c1-4-38-25-9-6-20(18-26(25)39-5-2)10-12-28-27(32)23(11-17-40-3)29-22-8-7-21(19-24(22)31(33)34)41(35,36)30-13-15-37-16-14-30/h6-9,18-19,23,29H,4-5,10-17H2,1-3H3,(H,28,32). The fourth-order valence-corrected chi connectivity index (χ4v) is 6.18. The topological polar surface area (TPSA) is 149 Å². The number of hydrogen-bond acceptors (Lipinski definition) is 10. The van der Waals surface area contributed by atoms with E-state index >= 15 is 0 Å². The summed E-state index contributed by atoms with van der Waals surface area (Å²) in [5.74, 6) is 1.63. The number of rotatable bonds is 16. The van der Waals surface area contributed by atoms with Crippen LogP contribution in [-0.4, -0.2) is 87.7 Å². The molecule has 1 saturated heterocycles. The third-order valence-corrected chi connectivity index (χ3v) is 8.89. The highest BCUT2D eigenvalue weighted by atomic mass is 32.2. The van der Waals surface area contributed by atoms with Crippen molar-refractivity contribution in [1.29, 1.82) is 0 Å². The molecule has 1 aliphatic rings. The van der Waals surface area contributed by atoms with Crippen LogP contribution in [0.2, 0.25) is 0 Å². The summed E-state index contributed by atoms with van der Waals surface area (Å²) in [6.45, 7) is 6.03. The van der Waals surface area contributed by atoms with Crippen molar-refractivity contribution in [2.45, 2.75) is 37.6 Å². The zero-order valence-electron chi connectivity index (χ0n) is 23.6. The largest absolute Gasteiger partial charge is 0.490 e. The Hall–Kier alpha value is -3.07. The van der Waals surface area contributed by atoms with E-state index < -0.39 is 26.7 Å². The van der Waals surface area contributed by atoms with E-state index in [1.807, 2.05) is 38.3 Å². The third kappa shape index (κ3) is 8.96. The number of benzene rings is 2. The van der Waals surface area contributed by atoms with E-state index in [-0.39, 0.29) is 42.8 Å². The Bertz CT molecular complexity index is 1290. The number of hydrogen-bond donors (Lipinski definition) is 2. The lowest BCUT2D eigenvalue weighted by atomic mass is 10.1. The number of amides is 1. The van der Waals surface area contributed by atoms with Crippen LogP contribution < -0.4 is 20.1 Å². The molecule has 0 radical (unpaired) electrons. The molecule has 2 N–H and O–H groups in total. The molecule has 226 valence electrons. The van der Waals surface area contributed by atoms with Gasteiger partial charge in [0.15, 0.2) is 11.5 Å². The molecule has 2 aromatic rings. The van der Waals surface area contributed by atoms with E-state index in [0.29, 0.717) is 49.9 Å². The molecule has 1 amide bonds. The lowest BCUT2D eigenvalue weighted by Gasteiger charge is -2.26. The van der Waals surface area contributed by atoms with E-state index in [4.69, 9.17) is 14.2 Å². The predicted molar refractivity (Wildman–Crippen MR) is 159 cm³/mol. The van der Waals surface area contributed by atoms with Gasteiger partial charge in [-0.05, 0) is 68.5 Å². The lowest BCUT2D eigenvalue weighted by molar-refractivity contribution is -0.384. The van der Waals surface area contributed by atoms with Crippen molar-refractivity contribution in [2.24, 2.45) is 0 Å². The van der Waals surface area contributed by atoms with Gasteiger partial charge in [-0.3, -0.25) is 14.9 Å². The van der Waals surface area contributed by atoms with E-state index in [1.54, 1.807) is 11.8 Å². The molecular formula is C27H38N4O8S2. The maximum atomic E-state index is 13.2. The molecule has 1 unspecified atom stereocenters. The van der Waals surface area contributed by atoms with Gasteiger partial charge in [-0.15, -0.1) is 0 Å². The Labute approximate surface area is 245 Å². The van der Waals surface area contributed by atoms with Gasteiger partial charge in [0.05, 0.1) is 36.2 Å². The summed E-state index contributed by atoms with van der Waals surface area (Å²) < 4.78 is 43.8. The van der Waals surface area contributed by atoms with Crippen molar-refractivity contribution in [2.75, 3.05) is 63.4 Å². The van der Waals surface area contributed by atoms with Crippen molar-refractivity contribution < 1.29 is 32.3 Å². The van der Waals surface area contributed by atoms with Gasteiger partial charge in [-0.1, -0.05) is 6.07 Å². The van der Waals surface area contributed by atoms with Crippen LogP contribution in [0.1, 0.15) is 25.8 Å².